The van der Waals surface area contributed by atoms with Gasteiger partial charge in [-0.2, -0.15) is 0 Å². The van der Waals surface area contributed by atoms with Gasteiger partial charge in [-0.25, -0.2) is 0 Å². The molecule has 0 amide bonds. The van der Waals surface area contributed by atoms with Gasteiger partial charge in [0, 0.05) is 12.1 Å². The number of hydrogen-bond acceptors (Lipinski definition) is 5. The Morgan fingerprint density at radius 1 is 0.844 bits per heavy atom. The average Bonchev–Trinajstić information content (AvgIpc) is 2.82. The summed E-state index contributed by atoms with van der Waals surface area (Å²) in [4.78, 5) is 12.8. The lowest BCUT2D eigenvalue weighted by Crippen LogP contribution is -2.02. The van der Waals surface area contributed by atoms with E-state index in [0.717, 1.165) is 16.9 Å². The molecular formula is C26H21ClO5. The lowest BCUT2D eigenvalue weighted by molar-refractivity contribution is 0.394. The summed E-state index contributed by atoms with van der Waals surface area (Å²) in [7, 11) is 4.77. The smallest absolute Gasteiger partial charge is 0.193 e. The second kappa shape index (κ2) is 9.20. The van der Waals surface area contributed by atoms with E-state index in [4.69, 9.17) is 30.2 Å². The van der Waals surface area contributed by atoms with Crippen LogP contribution in [0, 0.1) is 0 Å². The van der Waals surface area contributed by atoms with Crippen molar-refractivity contribution in [3.63, 3.8) is 0 Å². The maximum atomic E-state index is 12.8. The Balaban J connectivity index is 1.91. The maximum absolute atomic E-state index is 12.8. The highest BCUT2D eigenvalue weighted by atomic mass is 35.5. The highest BCUT2D eigenvalue weighted by molar-refractivity contribution is 6.34. The zero-order valence-corrected chi connectivity index (χ0v) is 18.6. The van der Waals surface area contributed by atoms with Gasteiger partial charge in [-0.15, -0.1) is 0 Å². The minimum Gasteiger partial charge on any atom is -0.497 e. The van der Waals surface area contributed by atoms with Crippen LogP contribution in [0.1, 0.15) is 11.1 Å². The number of fused-ring (bicyclic) bond motifs is 1. The van der Waals surface area contributed by atoms with Crippen molar-refractivity contribution in [2.75, 3.05) is 21.3 Å². The quantitative estimate of drug-likeness (QED) is 0.323. The molecule has 0 aliphatic carbocycles. The summed E-state index contributed by atoms with van der Waals surface area (Å²) in [6, 6.07) is 17.8. The minimum absolute atomic E-state index is 0.188. The molecule has 0 aliphatic heterocycles. The molecule has 0 N–H and O–H groups in total. The van der Waals surface area contributed by atoms with E-state index in [0.29, 0.717) is 38.8 Å². The van der Waals surface area contributed by atoms with E-state index >= 15 is 0 Å². The van der Waals surface area contributed by atoms with Gasteiger partial charge in [0.15, 0.2) is 11.0 Å². The molecule has 32 heavy (non-hydrogen) atoms. The number of hydrogen-bond donors (Lipinski definition) is 0. The second-order valence-corrected chi connectivity index (χ2v) is 7.40. The van der Waals surface area contributed by atoms with Gasteiger partial charge >= 0.3 is 0 Å². The third kappa shape index (κ3) is 4.20. The van der Waals surface area contributed by atoms with Crippen molar-refractivity contribution in [1.82, 2.24) is 0 Å². The molecule has 0 aliphatic rings. The van der Waals surface area contributed by atoms with Crippen molar-refractivity contribution in [3.8, 4) is 28.6 Å². The summed E-state index contributed by atoms with van der Waals surface area (Å²) in [5, 5.41) is 0.785. The fourth-order valence-electron chi connectivity index (χ4n) is 3.45. The molecule has 6 heteroatoms. The van der Waals surface area contributed by atoms with Crippen molar-refractivity contribution in [3.05, 3.63) is 87.0 Å². The summed E-state index contributed by atoms with van der Waals surface area (Å²) in [5.74, 6) is 2.25. The summed E-state index contributed by atoms with van der Waals surface area (Å²) in [6.07, 6.45) is 3.86. The summed E-state index contributed by atoms with van der Waals surface area (Å²) >= 11 is 6.31. The molecule has 0 spiro atoms. The Labute approximate surface area is 190 Å². The molecule has 0 radical (unpaired) electrons. The maximum Gasteiger partial charge on any atom is 0.193 e. The Bertz CT molecular complexity index is 1350. The first-order valence-electron chi connectivity index (χ1n) is 9.85. The van der Waals surface area contributed by atoms with Crippen LogP contribution in [0.5, 0.6) is 17.2 Å². The van der Waals surface area contributed by atoms with E-state index in [1.165, 1.54) is 6.07 Å². The average molecular weight is 449 g/mol. The number of halogens is 1. The molecule has 0 fully saturated rings. The Kier molecular flexibility index (Phi) is 6.19. The lowest BCUT2D eigenvalue weighted by Gasteiger charge is -2.14. The van der Waals surface area contributed by atoms with Crippen molar-refractivity contribution >= 4 is 34.7 Å². The fraction of sp³-hybridized carbons (Fsp3) is 0.115. The zero-order chi connectivity index (χ0) is 22.7. The lowest BCUT2D eigenvalue weighted by atomic mass is 10.0. The normalized spacial score (nSPS) is 11.1. The molecule has 162 valence electrons. The van der Waals surface area contributed by atoms with Gasteiger partial charge < -0.3 is 18.6 Å². The predicted molar refractivity (Wildman–Crippen MR) is 128 cm³/mol. The van der Waals surface area contributed by atoms with Crippen LogP contribution in [-0.4, -0.2) is 21.3 Å². The zero-order valence-electron chi connectivity index (χ0n) is 17.8. The second-order valence-electron chi connectivity index (χ2n) is 6.99. The first kappa shape index (κ1) is 21.5. The molecule has 0 saturated carbocycles. The molecule has 4 rings (SSSR count). The van der Waals surface area contributed by atoms with Crippen LogP contribution in [0.3, 0.4) is 0 Å². The van der Waals surface area contributed by atoms with Gasteiger partial charge in [-0.3, -0.25) is 4.79 Å². The molecule has 4 aromatic rings. The Morgan fingerprint density at radius 2 is 1.59 bits per heavy atom. The molecule has 5 nitrogen and oxygen atoms in total. The molecule has 3 aromatic carbocycles. The molecule has 1 aromatic heterocycles. The third-order valence-corrected chi connectivity index (χ3v) is 5.38. The Hall–Kier alpha value is -3.70. The summed E-state index contributed by atoms with van der Waals surface area (Å²) in [6.45, 7) is 0. The van der Waals surface area contributed by atoms with E-state index < -0.39 is 0 Å². The molecule has 0 unspecified atom stereocenters. The van der Waals surface area contributed by atoms with Crippen molar-refractivity contribution in [1.29, 1.82) is 0 Å². The van der Waals surface area contributed by atoms with Crippen LogP contribution in [0.4, 0.5) is 0 Å². The van der Waals surface area contributed by atoms with Gasteiger partial charge in [0.25, 0.3) is 0 Å². The highest BCUT2D eigenvalue weighted by Crippen LogP contribution is 2.39. The standard InChI is InChI=1S/C26H21ClO5/c1-29-18-11-8-16(9-12-18)7-10-17-13-19(30-2)14-23(31-3)25(17)24-15-22(28)20-5-4-6-21(27)26(20)32-24/h4-15H,1-3H3. The first-order valence-corrected chi connectivity index (χ1v) is 10.2. The fourth-order valence-corrected chi connectivity index (χ4v) is 3.66. The number of rotatable bonds is 6. The van der Waals surface area contributed by atoms with E-state index in [1.54, 1.807) is 45.6 Å². The van der Waals surface area contributed by atoms with Gasteiger partial charge in [-0.1, -0.05) is 42.0 Å². The predicted octanol–water partition coefficient (Wildman–Crippen LogP) is 6.31. The highest BCUT2D eigenvalue weighted by Gasteiger charge is 2.18. The molecular weight excluding hydrogens is 428 g/mol. The Morgan fingerprint density at radius 3 is 2.28 bits per heavy atom. The van der Waals surface area contributed by atoms with E-state index in [9.17, 15) is 4.79 Å². The molecule has 0 saturated heterocycles. The number of methoxy groups -OCH3 is 3. The number of ether oxygens (including phenoxy) is 3. The number of para-hydroxylation sites is 1. The van der Waals surface area contributed by atoms with E-state index in [1.807, 2.05) is 42.5 Å². The van der Waals surface area contributed by atoms with Crippen molar-refractivity contribution < 1.29 is 18.6 Å². The molecule has 0 bridgehead atoms. The number of benzene rings is 3. The van der Waals surface area contributed by atoms with Gasteiger partial charge in [0.1, 0.15) is 23.0 Å². The molecule has 0 atom stereocenters. The van der Waals surface area contributed by atoms with Gasteiger partial charge in [-0.05, 0) is 41.5 Å². The van der Waals surface area contributed by atoms with Crippen LogP contribution < -0.4 is 19.6 Å². The van der Waals surface area contributed by atoms with Crippen LogP contribution in [-0.2, 0) is 0 Å². The summed E-state index contributed by atoms with van der Waals surface area (Å²) in [5.41, 5.74) is 2.50. The van der Waals surface area contributed by atoms with Crippen LogP contribution in [0.15, 0.2) is 69.9 Å². The van der Waals surface area contributed by atoms with E-state index in [-0.39, 0.29) is 5.43 Å². The topological polar surface area (TPSA) is 57.9 Å². The van der Waals surface area contributed by atoms with Crippen molar-refractivity contribution in [2.45, 2.75) is 0 Å². The van der Waals surface area contributed by atoms with Crippen LogP contribution in [0.2, 0.25) is 5.02 Å². The van der Waals surface area contributed by atoms with E-state index in [2.05, 4.69) is 0 Å². The van der Waals surface area contributed by atoms with Gasteiger partial charge in [0.2, 0.25) is 0 Å². The van der Waals surface area contributed by atoms with Crippen molar-refractivity contribution in [2.24, 2.45) is 0 Å². The third-order valence-electron chi connectivity index (χ3n) is 5.09. The van der Waals surface area contributed by atoms with Crippen LogP contribution in [0.25, 0.3) is 34.4 Å². The molecule has 1 heterocycles. The SMILES string of the molecule is COc1ccc(C=Cc2cc(OC)cc(OC)c2-c2cc(=O)c3cccc(Cl)c3o2)cc1. The summed E-state index contributed by atoms with van der Waals surface area (Å²) < 4.78 is 22.4. The minimum atomic E-state index is -0.188. The van der Waals surface area contributed by atoms with Gasteiger partial charge in [0.05, 0.1) is 37.3 Å². The monoisotopic (exact) mass is 448 g/mol. The first-order chi connectivity index (χ1) is 15.5. The largest absolute Gasteiger partial charge is 0.497 e. The van der Waals surface area contributed by atoms with Crippen LogP contribution >= 0.6 is 11.6 Å².